The maximum atomic E-state index is 11.8. The molecule has 0 fully saturated rings. The van der Waals surface area contributed by atoms with Gasteiger partial charge in [0.25, 0.3) is 0 Å². The standard InChI is InChI=1S/C15H18Cl2N2O4/c1-2-23-14(21)7-6-13(20)19-12(15(18)22)8-9-10(16)4-3-5-11(9)17/h3-5,12H,2,6-8H2,1H3,(H2,18,22)(H,19,20)/t12-/m1/s1. The Balaban J connectivity index is 2.67. The maximum absolute atomic E-state index is 11.8. The van der Waals surface area contributed by atoms with Crippen molar-refractivity contribution < 1.29 is 19.1 Å². The molecule has 8 heteroatoms. The van der Waals surface area contributed by atoms with Gasteiger partial charge in [-0.05, 0) is 24.6 Å². The minimum absolute atomic E-state index is 0.0684. The Morgan fingerprint density at radius 3 is 2.35 bits per heavy atom. The second-order valence-electron chi connectivity index (χ2n) is 4.73. The summed E-state index contributed by atoms with van der Waals surface area (Å²) in [6, 6.07) is 3.96. The molecule has 0 saturated carbocycles. The zero-order valence-electron chi connectivity index (χ0n) is 12.6. The van der Waals surface area contributed by atoms with Gasteiger partial charge >= 0.3 is 5.97 Å². The molecule has 0 aliphatic heterocycles. The largest absolute Gasteiger partial charge is 0.466 e. The maximum Gasteiger partial charge on any atom is 0.306 e. The van der Waals surface area contributed by atoms with E-state index in [9.17, 15) is 14.4 Å². The molecule has 1 aromatic rings. The van der Waals surface area contributed by atoms with Crippen molar-refractivity contribution in [1.29, 1.82) is 0 Å². The predicted octanol–water partition coefficient (Wildman–Crippen LogP) is 1.85. The number of hydrogen-bond donors (Lipinski definition) is 2. The lowest BCUT2D eigenvalue weighted by Gasteiger charge is -2.17. The van der Waals surface area contributed by atoms with Crippen molar-refractivity contribution in [3.63, 3.8) is 0 Å². The van der Waals surface area contributed by atoms with Crippen LogP contribution in [0.2, 0.25) is 10.0 Å². The fraction of sp³-hybridized carbons (Fsp3) is 0.400. The van der Waals surface area contributed by atoms with Gasteiger partial charge in [-0.1, -0.05) is 29.3 Å². The normalized spacial score (nSPS) is 11.6. The first-order valence-corrected chi connectivity index (χ1v) is 7.78. The number of hydrogen-bond acceptors (Lipinski definition) is 4. The number of nitrogens with one attached hydrogen (secondary N) is 1. The highest BCUT2D eigenvalue weighted by molar-refractivity contribution is 6.36. The topological polar surface area (TPSA) is 98.5 Å². The van der Waals surface area contributed by atoms with Gasteiger partial charge in [0.15, 0.2) is 0 Å². The van der Waals surface area contributed by atoms with Crippen LogP contribution >= 0.6 is 23.2 Å². The molecule has 0 aliphatic carbocycles. The molecule has 1 rings (SSSR count). The van der Waals surface area contributed by atoms with Crippen LogP contribution in [-0.4, -0.2) is 30.4 Å². The van der Waals surface area contributed by atoms with E-state index in [0.29, 0.717) is 15.6 Å². The lowest BCUT2D eigenvalue weighted by Crippen LogP contribution is -2.46. The fourth-order valence-corrected chi connectivity index (χ4v) is 2.42. The van der Waals surface area contributed by atoms with Gasteiger partial charge in [-0.2, -0.15) is 0 Å². The molecule has 1 atom stereocenters. The molecule has 0 spiro atoms. The molecule has 1 aromatic carbocycles. The van der Waals surface area contributed by atoms with E-state index in [2.05, 4.69) is 5.32 Å². The monoisotopic (exact) mass is 360 g/mol. The Morgan fingerprint density at radius 2 is 1.83 bits per heavy atom. The third-order valence-electron chi connectivity index (χ3n) is 3.01. The molecule has 0 heterocycles. The Bertz CT molecular complexity index is 573. The van der Waals surface area contributed by atoms with Gasteiger partial charge < -0.3 is 15.8 Å². The first-order valence-electron chi connectivity index (χ1n) is 7.02. The molecule has 0 saturated heterocycles. The molecule has 2 amide bonds. The summed E-state index contributed by atoms with van der Waals surface area (Å²) in [4.78, 5) is 34.6. The predicted molar refractivity (Wildman–Crippen MR) is 87.2 cm³/mol. The summed E-state index contributed by atoms with van der Waals surface area (Å²) in [7, 11) is 0. The lowest BCUT2D eigenvalue weighted by molar-refractivity contribution is -0.144. The average molecular weight is 361 g/mol. The van der Waals surface area contributed by atoms with Crippen LogP contribution in [-0.2, 0) is 25.5 Å². The summed E-state index contributed by atoms with van der Waals surface area (Å²) in [5.74, 6) is -1.68. The number of primary amides is 1. The number of benzene rings is 1. The van der Waals surface area contributed by atoms with Crippen molar-refractivity contribution in [3.8, 4) is 0 Å². The number of halogens is 2. The number of ether oxygens (including phenoxy) is 1. The zero-order valence-corrected chi connectivity index (χ0v) is 14.1. The molecule has 126 valence electrons. The van der Waals surface area contributed by atoms with Crippen LogP contribution in [0.1, 0.15) is 25.3 Å². The van der Waals surface area contributed by atoms with Crippen molar-refractivity contribution in [2.24, 2.45) is 5.73 Å². The molecule has 0 bridgehead atoms. The van der Waals surface area contributed by atoms with Gasteiger partial charge in [0.05, 0.1) is 13.0 Å². The molecular weight excluding hydrogens is 343 g/mol. The average Bonchev–Trinajstić information content (AvgIpc) is 2.48. The number of esters is 1. The number of amides is 2. The summed E-state index contributed by atoms with van der Waals surface area (Å²) in [5, 5.41) is 3.24. The van der Waals surface area contributed by atoms with Crippen LogP contribution in [0.3, 0.4) is 0 Å². The van der Waals surface area contributed by atoms with Gasteiger partial charge in [0.1, 0.15) is 6.04 Å². The summed E-state index contributed by atoms with van der Waals surface area (Å²) < 4.78 is 4.73. The Labute approximate surface area is 144 Å². The summed E-state index contributed by atoms with van der Waals surface area (Å²) in [6.45, 7) is 1.92. The molecule has 3 N–H and O–H groups in total. The van der Waals surface area contributed by atoms with E-state index in [1.807, 2.05) is 0 Å². The van der Waals surface area contributed by atoms with Gasteiger partial charge in [-0.15, -0.1) is 0 Å². The van der Waals surface area contributed by atoms with Gasteiger partial charge in [-0.3, -0.25) is 14.4 Å². The number of carbonyl (C=O) groups excluding carboxylic acids is 3. The molecule has 0 unspecified atom stereocenters. The molecule has 0 radical (unpaired) electrons. The van der Waals surface area contributed by atoms with E-state index in [1.54, 1.807) is 25.1 Å². The van der Waals surface area contributed by atoms with E-state index in [1.165, 1.54) is 0 Å². The Kier molecular flexibility index (Phi) is 7.85. The Morgan fingerprint density at radius 1 is 1.22 bits per heavy atom. The quantitative estimate of drug-likeness (QED) is 0.691. The molecule has 6 nitrogen and oxygen atoms in total. The Hall–Kier alpha value is -1.79. The fourth-order valence-electron chi connectivity index (χ4n) is 1.87. The van der Waals surface area contributed by atoms with Crippen molar-refractivity contribution in [3.05, 3.63) is 33.8 Å². The van der Waals surface area contributed by atoms with E-state index >= 15 is 0 Å². The number of rotatable bonds is 8. The first-order chi connectivity index (χ1) is 10.8. The summed E-state index contributed by atoms with van der Waals surface area (Å²) in [6.07, 6.45) is -0.101. The van der Waals surface area contributed by atoms with Crippen molar-refractivity contribution in [2.75, 3.05) is 6.61 Å². The zero-order chi connectivity index (χ0) is 17.4. The molecule has 0 aromatic heterocycles. The highest BCUT2D eigenvalue weighted by atomic mass is 35.5. The van der Waals surface area contributed by atoms with Gasteiger partial charge in [0.2, 0.25) is 11.8 Å². The van der Waals surface area contributed by atoms with E-state index in [4.69, 9.17) is 33.7 Å². The third kappa shape index (κ3) is 6.46. The smallest absolute Gasteiger partial charge is 0.306 e. The van der Waals surface area contributed by atoms with Gasteiger partial charge in [-0.25, -0.2) is 0 Å². The van der Waals surface area contributed by atoms with Crippen LogP contribution < -0.4 is 11.1 Å². The highest BCUT2D eigenvalue weighted by Gasteiger charge is 2.21. The van der Waals surface area contributed by atoms with Crippen LogP contribution in [0.25, 0.3) is 0 Å². The van der Waals surface area contributed by atoms with E-state index in [0.717, 1.165) is 0 Å². The number of nitrogens with two attached hydrogens (primary N) is 1. The highest BCUT2D eigenvalue weighted by Crippen LogP contribution is 2.25. The second-order valence-corrected chi connectivity index (χ2v) is 5.55. The van der Waals surface area contributed by atoms with Crippen LogP contribution in [0.5, 0.6) is 0 Å². The third-order valence-corrected chi connectivity index (χ3v) is 3.72. The van der Waals surface area contributed by atoms with E-state index < -0.39 is 23.8 Å². The summed E-state index contributed by atoms with van der Waals surface area (Å²) in [5.41, 5.74) is 5.82. The number of carbonyl (C=O) groups is 3. The molecule has 23 heavy (non-hydrogen) atoms. The minimum atomic E-state index is -0.970. The van der Waals surface area contributed by atoms with E-state index in [-0.39, 0.29) is 25.9 Å². The first kappa shape index (κ1) is 19.3. The minimum Gasteiger partial charge on any atom is -0.466 e. The summed E-state index contributed by atoms with van der Waals surface area (Å²) >= 11 is 12.1. The molecular formula is C15H18Cl2N2O4. The molecule has 0 aliphatic rings. The van der Waals surface area contributed by atoms with Crippen LogP contribution in [0, 0.1) is 0 Å². The lowest BCUT2D eigenvalue weighted by atomic mass is 10.0. The van der Waals surface area contributed by atoms with Gasteiger partial charge in [0, 0.05) is 22.9 Å². The van der Waals surface area contributed by atoms with Crippen LogP contribution in [0.4, 0.5) is 0 Å². The van der Waals surface area contributed by atoms with Crippen molar-refractivity contribution in [1.82, 2.24) is 5.32 Å². The second kappa shape index (κ2) is 9.37. The van der Waals surface area contributed by atoms with Crippen LogP contribution in [0.15, 0.2) is 18.2 Å². The SMILES string of the molecule is CCOC(=O)CCC(=O)N[C@H](Cc1c(Cl)cccc1Cl)C(N)=O. The van der Waals surface area contributed by atoms with Crippen molar-refractivity contribution >= 4 is 41.0 Å². The van der Waals surface area contributed by atoms with Crippen molar-refractivity contribution in [2.45, 2.75) is 32.2 Å².